The van der Waals surface area contributed by atoms with Gasteiger partial charge in [0.15, 0.2) is 0 Å². The second-order valence-electron chi connectivity index (χ2n) is 2.39. The average Bonchev–Trinajstić information content (AvgIpc) is 2.04. The minimum Gasteiger partial charge on any atom is -0.366 e. The quantitative estimate of drug-likeness (QED) is 0.600. The average molecular weight is 149 g/mol. The lowest BCUT2D eigenvalue weighted by Crippen LogP contribution is -2.16. The topological polar surface area (TPSA) is 43.1 Å². The number of hydrogen-bond acceptors (Lipinski definition) is 1. The van der Waals surface area contributed by atoms with Gasteiger partial charge in [0.05, 0.1) is 0 Å². The Kier molecular flexibility index (Phi) is 2.26. The summed E-state index contributed by atoms with van der Waals surface area (Å²) in [7, 11) is 0. The van der Waals surface area contributed by atoms with E-state index in [4.69, 9.17) is 5.73 Å². The summed E-state index contributed by atoms with van der Waals surface area (Å²) in [5.41, 5.74) is 6.80. The molecule has 0 saturated carbocycles. The van der Waals surface area contributed by atoms with E-state index in [9.17, 15) is 4.79 Å². The van der Waals surface area contributed by atoms with E-state index < -0.39 is 0 Å². The largest absolute Gasteiger partial charge is 0.366 e. The zero-order valence-corrected chi connectivity index (χ0v) is 6.50. The van der Waals surface area contributed by atoms with Crippen molar-refractivity contribution in [1.29, 1.82) is 0 Å². The molecule has 0 spiro atoms. The van der Waals surface area contributed by atoms with Crippen LogP contribution in [0.5, 0.6) is 0 Å². The molecular formula is C9H11NO. The molecule has 2 heteroatoms. The van der Waals surface area contributed by atoms with Crippen molar-refractivity contribution in [3.63, 3.8) is 0 Å². The molecule has 0 fully saturated rings. The smallest absolute Gasteiger partial charge is 0.248 e. The van der Waals surface area contributed by atoms with Gasteiger partial charge in [-0.25, -0.2) is 0 Å². The van der Waals surface area contributed by atoms with Crippen LogP contribution in [0.25, 0.3) is 0 Å². The predicted octanol–water partition coefficient (Wildman–Crippen LogP) is 1.30. The van der Waals surface area contributed by atoms with Gasteiger partial charge < -0.3 is 5.73 Å². The molecule has 2 nitrogen and oxygen atoms in total. The van der Waals surface area contributed by atoms with Gasteiger partial charge in [-0.3, -0.25) is 4.79 Å². The molecule has 0 aromatic rings. The van der Waals surface area contributed by atoms with E-state index in [1.165, 1.54) is 0 Å². The Bertz CT molecular complexity index is 259. The molecule has 1 rings (SSSR count). The third-order valence-electron chi connectivity index (χ3n) is 1.70. The SMILES string of the molecule is C/C=C1\CC=CC=C1C(N)=O. The molecule has 1 aliphatic rings. The van der Waals surface area contributed by atoms with Crippen LogP contribution in [-0.4, -0.2) is 5.91 Å². The normalized spacial score (nSPS) is 20.1. The van der Waals surface area contributed by atoms with Crippen LogP contribution in [0.3, 0.4) is 0 Å². The molecule has 0 atom stereocenters. The first-order valence-electron chi connectivity index (χ1n) is 3.58. The Morgan fingerprint density at radius 1 is 1.73 bits per heavy atom. The summed E-state index contributed by atoms with van der Waals surface area (Å²) in [6.45, 7) is 1.91. The number of amides is 1. The molecule has 0 saturated heterocycles. The van der Waals surface area contributed by atoms with E-state index in [-0.39, 0.29) is 5.91 Å². The molecule has 0 radical (unpaired) electrons. The van der Waals surface area contributed by atoms with Gasteiger partial charge in [0, 0.05) is 5.57 Å². The summed E-state index contributed by atoms with van der Waals surface area (Å²) in [6.07, 6.45) is 8.33. The Morgan fingerprint density at radius 2 is 2.45 bits per heavy atom. The zero-order chi connectivity index (χ0) is 8.27. The monoisotopic (exact) mass is 149 g/mol. The maximum Gasteiger partial charge on any atom is 0.248 e. The Balaban J connectivity index is 2.97. The summed E-state index contributed by atoms with van der Waals surface area (Å²) >= 11 is 0. The number of carbonyl (C=O) groups is 1. The third-order valence-corrected chi connectivity index (χ3v) is 1.70. The minimum absolute atomic E-state index is 0.345. The summed E-state index contributed by atoms with van der Waals surface area (Å²) in [5.74, 6) is -0.345. The molecule has 58 valence electrons. The molecular weight excluding hydrogens is 138 g/mol. The molecule has 0 aromatic carbocycles. The van der Waals surface area contributed by atoms with Gasteiger partial charge in [0.25, 0.3) is 0 Å². The lowest BCUT2D eigenvalue weighted by molar-refractivity contribution is -0.114. The third kappa shape index (κ3) is 1.58. The maximum atomic E-state index is 10.8. The number of primary amides is 1. The van der Waals surface area contributed by atoms with Gasteiger partial charge in [0.1, 0.15) is 0 Å². The standard InChI is InChI=1S/C9H11NO/c1-2-7-5-3-4-6-8(7)9(10)11/h2-4,6H,5H2,1H3,(H2,10,11)/b7-2+. The number of hydrogen-bond donors (Lipinski definition) is 1. The van der Waals surface area contributed by atoms with Crippen molar-refractivity contribution in [2.24, 2.45) is 5.73 Å². The first-order valence-corrected chi connectivity index (χ1v) is 3.58. The van der Waals surface area contributed by atoms with Crippen LogP contribution in [-0.2, 0) is 4.79 Å². The molecule has 1 aliphatic carbocycles. The van der Waals surface area contributed by atoms with Crippen LogP contribution >= 0.6 is 0 Å². The van der Waals surface area contributed by atoms with Crippen LogP contribution in [0.15, 0.2) is 35.5 Å². The van der Waals surface area contributed by atoms with Crippen LogP contribution in [0.1, 0.15) is 13.3 Å². The van der Waals surface area contributed by atoms with Crippen LogP contribution in [0.4, 0.5) is 0 Å². The lowest BCUT2D eigenvalue weighted by atomic mass is 9.98. The van der Waals surface area contributed by atoms with E-state index >= 15 is 0 Å². The summed E-state index contributed by atoms with van der Waals surface area (Å²) in [6, 6.07) is 0. The lowest BCUT2D eigenvalue weighted by Gasteiger charge is -2.08. The van der Waals surface area contributed by atoms with Crippen molar-refractivity contribution in [2.75, 3.05) is 0 Å². The van der Waals surface area contributed by atoms with Gasteiger partial charge in [-0.05, 0) is 25.0 Å². The molecule has 2 N–H and O–H groups in total. The summed E-state index contributed by atoms with van der Waals surface area (Å²) < 4.78 is 0. The van der Waals surface area contributed by atoms with Gasteiger partial charge in [-0.15, -0.1) is 0 Å². The van der Waals surface area contributed by atoms with Crippen molar-refractivity contribution in [2.45, 2.75) is 13.3 Å². The first kappa shape index (κ1) is 7.79. The molecule has 0 aromatic heterocycles. The van der Waals surface area contributed by atoms with Crippen molar-refractivity contribution in [3.05, 3.63) is 35.5 Å². The van der Waals surface area contributed by atoms with E-state index in [0.29, 0.717) is 5.57 Å². The molecule has 1 amide bonds. The maximum absolute atomic E-state index is 10.8. The van der Waals surface area contributed by atoms with E-state index in [2.05, 4.69) is 0 Å². The Morgan fingerprint density at radius 3 is 2.91 bits per heavy atom. The number of allylic oxidation sites excluding steroid dienone is 4. The molecule has 11 heavy (non-hydrogen) atoms. The number of rotatable bonds is 1. The van der Waals surface area contributed by atoms with Crippen LogP contribution in [0, 0.1) is 0 Å². The van der Waals surface area contributed by atoms with E-state index in [0.717, 1.165) is 12.0 Å². The Hall–Kier alpha value is -1.31. The van der Waals surface area contributed by atoms with Crippen LogP contribution < -0.4 is 5.73 Å². The van der Waals surface area contributed by atoms with Gasteiger partial charge in [0.2, 0.25) is 5.91 Å². The second kappa shape index (κ2) is 3.19. The van der Waals surface area contributed by atoms with Crippen molar-refractivity contribution in [1.82, 2.24) is 0 Å². The zero-order valence-electron chi connectivity index (χ0n) is 6.50. The van der Waals surface area contributed by atoms with E-state index in [1.54, 1.807) is 6.08 Å². The fraction of sp³-hybridized carbons (Fsp3) is 0.222. The molecule has 0 bridgehead atoms. The molecule has 0 unspecified atom stereocenters. The highest BCUT2D eigenvalue weighted by Crippen LogP contribution is 2.18. The van der Waals surface area contributed by atoms with Gasteiger partial charge in [-0.1, -0.05) is 18.2 Å². The number of nitrogens with two attached hydrogens (primary N) is 1. The molecule has 0 heterocycles. The van der Waals surface area contributed by atoms with Gasteiger partial charge in [-0.2, -0.15) is 0 Å². The highest BCUT2D eigenvalue weighted by atomic mass is 16.1. The van der Waals surface area contributed by atoms with Crippen molar-refractivity contribution in [3.8, 4) is 0 Å². The molecule has 0 aliphatic heterocycles. The van der Waals surface area contributed by atoms with Crippen molar-refractivity contribution < 1.29 is 4.79 Å². The highest BCUT2D eigenvalue weighted by Gasteiger charge is 2.10. The minimum atomic E-state index is -0.345. The number of carbonyl (C=O) groups excluding carboxylic acids is 1. The highest BCUT2D eigenvalue weighted by molar-refractivity contribution is 5.97. The summed E-state index contributed by atoms with van der Waals surface area (Å²) in [5, 5.41) is 0. The van der Waals surface area contributed by atoms with Gasteiger partial charge >= 0.3 is 0 Å². The fourth-order valence-corrected chi connectivity index (χ4v) is 1.09. The second-order valence-corrected chi connectivity index (χ2v) is 2.39. The Labute approximate surface area is 66.1 Å². The predicted molar refractivity (Wildman–Crippen MR) is 44.8 cm³/mol. The fourth-order valence-electron chi connectivity index (χ4n) is 1.09. The summed E-state index contributed by atoms with van der Waals surface area (Å²) in [4.78, 5) is 10.8. The van der Waals surface area contributed by atoms with Crippen molar-refractivity contribution >= 4 is 5.91 Å². The van der Waals surface area contributed by atoms with E-state index in [1.807, 2.05) is 25.2 Å². The first-order chi connectivity index (χ1) is 5.25. The van der Waals surface area contributed by atoms with Crippen LogP contribution in [0.2, 0.25) is 0 Å².